The first-order valence-corrected chi connectivity index (χ1v) is 7.89. The lowest BCUT2D eigenvalue weighted by atomic mass is 9.93. The number of allylic oxidation sites excluding steroid dienone is 2. The molecule has 23 heavy (non-hydrogen) atoms. The number of carboxylic acid groups (broad SMARTS) is 1. The Balaban J connectivity index is 1.95. The lowest BCUT2D eigenvalue weighted by Crippen LogP contribution is -2.37. The maximum absolute atomic E-state index is 12.1. The monoisotopic (exact) mass is 317 g/mol. The number of hydrogen-bond donors (Lipinski definition) is 2. The van der Waals surface area contributed by atoms with E-state index in [0.717, 1.165) is 24.8 Å². The first-order valence-electron chi connectivity index (χ1n) is 7.89. The minimum Gasteiger partial charge on any atom is -0.496 e. The molecule has 0 bridgehead atoms. The number of rotatable bonds is 7. The normalized spacial score (nSPS) is 18.2. The molecule has 2 rings (SSSR count). The van der Waals surface area contributed by atoms with Crippen molar-refractivity contribution in [3.63, 3.8) is 0 Å². The SMILES string of the molecule is COc1ccccc1CC(CNC(=O)C1CC=CCC1)C(=O)O. The van der Waals surface area contributed by atoms with Gasteiger partial charge in [-0.25, -0.2) is 0 Å². The zero-order valence-electron chi connectivity index (χ0n) is 13.3. The van der Waals surface area contributed by atoms with Gasteiger partial charge < -0.3 is 15.2 Å². The van der Waals surface area contributed by atoms with E-state index >= 15 is 0 Å². The van der Waals surface area contributed by atoms with Crippen molar-refractivity contribution in [3.8, 4) is 5.75 Å². The molecule has 1 amide bonds. The van der Waals surface area contributed by atoms with Gasteiger partial charge in [0.15, 0.2) is 0 Å². The van der Waals surface area contributed by atoms with E-state index in [1.807, 2.05) is 24.3 Å². The second-order valence-electron chi connectivity index (χ2n) is 5.78. The summed E-state index contributed by atoms with van der Waals surface area (Å²) in [6, 6.07) is 7.35. The number of carboxylic acids is 1. The van der Waals surface area contributed by atoms with Crippen LogP contribution in [0, 0.1) is 11.8 Å². The van der Waals surface area contributed by atoms with Crippen LogP contribution in [0.5, 0.6) is 5.75 Å². The molecule has 1 aliphatic carbocycles. The van der Waals surface area contributed by atoms with E-state index in [0.29, 0.717) is 12.2 Å². The van der Waals surface area contributed by atoms with E-state index in [1.54, 1.807) is 13.2 Å². The van der Waals surface area contributed by atoms with Crippen molar-refractivity contribution in [2.45, 2.75) is 25.7 Å². The molecular formula is C18H23NO4. The van der Waals surface area contributed by atoms with Gasteiger partial charge in [-0.3, -0.25) is 9.59 Å². The van der Waals surface area contributed by atoms with E-state index in [9.17, 15) is 14.7 Å². The second-order valence-corrected chi connectivity index (χ2v) is 5.78. The Morgan fingerprint density at radius 1 is 1.35 bits per heavy atom. The summed E-state index contributed by atoms with van der Waals surface area (Å²) in [7, 11) is 1.56. The third-order valence-corrected chi connectivity index (χ3v) is 4.17. The number of carbonyl (C=O) groups is 2. The molecule has 0 saturated carbocycles. The van der Waals surface area contributed by atoms with Gasteiger partial charge in [-0.2, -0.15) is 0 Å². The number of para-hydroxylation sites is 1. The first-order chi connectivity index (χ1) is 11.1. The van der Waals surface area contributed by atoms with Crippen molar-refractivity contribution >= 4 is 11.9 Å². The van der Waals surface area contributed by atoms with Gasteiger partial charge in [0.1, 0.15) is 5.75 Å². The fraction of sp³-hybridized carbons (Fsp3) is 0.444. The van der Waals surface area contributed by atoms with Crippen LogP contribution in [0.4, 0.5) is 0 Å². The molecule has 0 fully saturated rings. The quantitative estimate of drug-likeness (QED) is 0.757. The summed E-state index contributed by atoms with van der Waals surface area (Å²) in [5.74, 6) is -1.02. The number of ether oxygens (including phenoxy) is 1. The number of benzene rings is 1. The minimum atomic E-state index is -0.917. The summed E-state index contributed by atoms with van der Waals surface area (Å²) in [4.78, 5) is 23.6. The van der Waals surface area contributed by atoms with Gasteiger partial charge in [-0.15, -0.1) is 0 Å². The molecule has 1 aliphatic rings. The van der Waals surface area contributed by atoms with Crippen LogP contribution < -0.4 is 10.1 Å². The lowest BCUT2D eigenvalue weighted by Gasteiger charge is -2.20. The Hall–Kier alpha value is -2.30. The molecule has 0 radical (unpaired) electrons. The Kier molecular flexibility index (Phi) is 6.20. The lowest BCUT2D eigenvalue weighted by molar-refractivity contribution is -0.141. The highest BCUT2D eigenvalue weighted by molar-refractivity contribution is 5.80. The van der Waals surface area contributed by atoms with Crippen LogP contribution in [0.2, 0.25) is 0 Å². The molecule has 5 nitrogen and oxygen atoms in total. The van der Waals surface area contributed by atoms with E-state index in [2.05, 4.69) is 11.4 Å². The van der Waals surface area contributed by atoms with Crippen LogP contribution in [0.25, 0.3) is 0 Å². The van der Waals surface area contributed by atoms with Crippen molar-refractivity contribution in [2.75, 3.05) is 13.7 Å². The third kappa shape index (κ3) is 4.84. The van der Waals surface area contributed by atoms with Crippen LogP contribution in [0.15, 0.2) is 36.4 Å². The smallest absolute Gasteiger partial charge is 0.308 e. The van der Waals surface area contributed by atoms with Gasteiger partial charge >= 0.3 is 5.97 Å². The molecule has 124 valence electrons. The minimum absolute atomic E-state index is 0.0410. The molecule has 0 aliphatic heterocycles. The van der Waals surface area contributed by atoms with E-state index in [-0.39, 0.29) is 18.4 Å². The number of hydrogen-bond acceptors (Lipinski definition) is 3. The summed E-state index contributed by atoms with van der Waals surface area (Å²) >= 11 is 0. The zero-order chi connectivity index (χ0) is 16.7. The average molecular weight is 317 g/mol. The summed E-state index contributed by atoms with van der Waals surface area (Å²) < 4.78 is 5.26. The number of methoxy groups -OCH3 is 1. The van der Waals surface area contributed by atoms with Gasteiger partial charge in [-0.1, -0.05) is 30.4 Å². The summed E-state index contributed by atoms with van der Waals surface area (Å²) in [5, 5.41) is 12.2. The molecule has 0 saturated heterocycles. The number of amides is 1. The largest absolute Gasteiger partial charge is 0.496 e. The molecule has 0 aromatic heterocycles. The number of nitrogens with one attached hydrogen (secondary N) is 1. The highest BCUT2D eigenvalue weighted by atomic mass is 16.5. The topological polar surface area (TPSA) is 75.6 Å². The molecule has 0 spiro atoms. The molecule has 5 heteroatoms. The predicted molar refractivity (Wildman–Crippen MR) is 87.3 cm³/mol. The van der Waals surface area contributed by atoms with Gasteiger partial charge in [0.25, 0.3) is 0 Å². The third-order valence-electron chi connectivity index (χ3n) is 4.17. The van der Waals surface area contributed by atoms with Crippen molar-refractivity contribution in [2.24, 2.45) is 11.8 Å². The summed E-state index contributed by atoms with van der Waals surface area (Å²) in [6.07, 6.45) is 6.87. The summed E-state index contributed by atoms with van der Waals surface area (Å²) in [5.41, 5.74) is 0.831. The second kappa shape index (κ2) is 8.36. The average Bonchev–Trinajstić information content (AvgIpc) is 2.59. The maximum Gasteiger partial charge on any atom is 0.308 e. The van der Waals surface area contributed by atoms with Gasteiger partial charge in [-0.05, 0) is 37.3 Å². The van der Waals surface area contributed by atoms with Crippen molar-refractivity contribution in [3.05, 3.63) is 42.0 Å². The van der Waals surface area contributed by atoms with Crippen LogP contribution in [-0.4, -0.2) is 30.6 Å². The fourth-order valence-electron chi connectivity index (χ4n) is 2.78. The van der Waals surface area contributed by atoms with E-state index in [1.165, 1.54) is 0 Å². The maximum atomic E-state index is 12.1. The van der Waals surface area contributed by atoms with Gasteiger partial charge in [0, 0.05) is 12.5 Å². The molecule has 0 heterocycles. The standard InChI is InChI=1S/C18H23NO4/c1-23-16-10-6-5-9-14(16)11-15(18(21)22)12-19-17(20)13-7-3-2-4-8-13/h2-3,5-6,9-10,13,15H,4,7-8,11-12H2,1H3,(H,19,20)(H,21,22). The molecule has 1 aromatic carbocycles. The zero-order valence-corrected chi connectivity index (χ0v) is 13.3. The molecule has 2 unspecified atom stereocenters. The van der Waals surface area contributed by atoms with Crippen molar-refractivity contribution < 1.29 is 19.4 Å². The Morgan fingerprint density at radius 2 is 2.13 bits per heavy atom. The summed E-state index contributed by atoms with van der Waals surface area (Å²) in [6.45, 7) is 0.131. The van der Waals surface area contributed by atoms with Crippen molar-refractivity contribution in [1.82, 2.24) is 5.32 Å². The van der Waals surface area contributed by atoms with Crippen molar-refractivity contribution in [1.29, 1.82) is 0 Å². The fourth-order valence-corrected chi connectivity index (χ4v) is 2.78. The first kappa shape index (κ1) is 17.1. The molecule has 1 aromatic rings. The number of aliphatic carboxylic acids is 1. The van der Waals surface area contributed by atoms with Crippen LogP contribution in [-0.2, 0) is 16.0 Å². The highest BCUT2D eigenvalue weighted by Crippen LogP contribution is 2.22. The van der Waals surface area contributed by atoms with Crippen LogP contribution in [0.1, 0.15) is 24.8 Å². The predicted octanol–water partition coefficient (Wildman–Crippen LogP) is 2.41. The number of carbonyl (C=O) groups excluding carboxylic acids is 1. The Bertz CT molecular complexity index is 582. The van der Waals surface area contributed by atoms with Gasteiger partial charge in [0.2, 0.25) is 5.91 Å². The Morgan fingerprint density at radius 3 is 2.78 bits per heavy atom. The molecule has 2 N–H and O–H groups in total. The highest BCUT2D eigenvalue weighted by Gasteiger charge is 2.23. The van der Waals surface area contributed by atoms with Crippen LogP contribution in [0.3, 0.4) is 0 Å². The van der Waals surface area contributed by atoms with E-state index < -0.39 is 11.9 Å². The molecule has 2 atom stereocenters. The van der Waals surface area contributed by atoms with Gasteiger partial charge in [0.05, 0.1) is 13.0 Å². The van der Waals surface area contributed by atoms with E-state index in [4.69, 9.17) is 4.74 Å². The molecular weight excluding hydrogens is 294 g/mol. The Labute approximate surface area is 136 Å². The van der Waals surface area contributed by atoms with Crippen LogP contribution >= 0.6 is 0 Å².